The van der Waals surface area contributed by atoms with Gasteiger partial charge in [0.2, 0.25) is 0 Å². The normalized spacial score (nSPS) is 45.1. The van der Waals surface area contributed by atoms with Crippen molar-refractivity contribution in [1.82, 2.24) is 4.90 Å². The minimum absolute atomic E-state index is 0.0146. The van der Waals surface area contributed by atoms with Gasteiger partial charge in [-0.1, -0.05) is 55.2 Å². The van der Waals surface area contributed by atoms with Gasteiger partial charge < -0.3 is 14.2 Å². The summed E-state index contributed by atoms with van der Waals surface area (Å²) in [4.78, 5) is 2.73. The second-order valence-corrected chi connectivity index (χ2v) is 14.5. The quantitative estimate of drug-likeness (QED) is 0.262. The summed E-state index contributed by atoms with van der Waals surface area (Å²) in [6.45, 7) is 16.6. The lowest BCUT2D eigenvalue weighted by Crippen LogP contribution is -2.52. The number of nitrogens with zero attached hydrogens (tertiary/aromatic N) is 1. The monoisotopic (exact) mass is 537 g/mol. The molecule has 0 radical (unpaired) electrons. The van der Waals surface area contributed by atoms with Crippen LogP contribution in [0.5, 0.6) is 0 Å². The maximum atomic E-state index is 7.28. The van der Waals surface area contributed by atoms with E-state index < -0.39 is 0 Å². The van der Waals surface area contributed by atoms with Crippen molar-refractivity contribution in [3.8, 4) is 0 Å². The fraction of sp³-hybridized carbons (Fsp3) is 0.829. The Morgan fingerprint density at radius 3 is 2.77 bits per heavy atom. The maximum absolute atomic E-state index is 7.28. The molecule has 0 amide bonds. The van der Waals surface area contributed by atoms with Crippen LogP contribution in [0.3, 0.4) is 0 Å². The Morgan fingerprint density at radius 2 is 1.97 bits per heavy atom. The van der Waals surface area contributed by atoms with Crippen molar-refractivity contribution in [2.75, 3.05) is 40.0 Å². The minimum Gasteiger partial charge on any atom is -0.382 e. The average molecular weight is 538 g/mol. The van der Waals surface area contributed by atoms with Crippen molar-refractivity contribution >= 4 is 0 Å². The van der Waals surface area contributed by atoms with Gasteiger partial charge in [0, 0.05) is 32.2 Å². The number of methoxy groups -OCH3 is 1. The number of hydrogen-bond acceptors (Lipinski definition) is 4. The van der Waals surface area contributed by atoms with E-state index >= 15 is 0 Å². The topological polar surface area (TPSA) is 30.9 Å². The number of likely N-dealkylation sites (tertiary alicyclic amines) is 1. The van der Waals surface area contributed by atoms with E-state index in [9.17, 15) is 0 Å². The first-order chi connectivity index (χ1) is 18.8. The van der Waals surface area contributed by atoms with Crippen molar-refractivity contribution < 1.29 is 14.2 Å². The Morgan fingerprint density at radius 1 is 1.13 bits per heavy atom. The third kappa shape index (κ3) is 4.84. The first kappa shape index (κ1) is 28.2. The standard InChI is InChI=1S/C35H55NO3/c1-7-26-10-12-34(5)27(19-26)8-9-29-28-11-13-35(21-24(3)30(28)20-31(29)34)25(4)33-32(39-35)18-23(2)22-36(33)14-15-38-17-16-37-6/h7,19,23,25,28-29,31-33H,8-18,20-22H2,1-6H3/t23-,25+,28-,29?,31-,32+,33-,34-,35-/m0/s1. The lowest BCUT2D eigenvalue weighted by molar-refractivity contribution is -0.0806. The Hall–Kier alpha value is -0.940. The molecule has 9 atom stereocenters. The third-order valence-corrected chi connectivity index (χ3v) is 12.5. The van der Waals surface area contributed by atoms with Crippen LogP contribution in [0.4, 0.5) is 0 Å². The molecule has 1 spiro atoms. The highest BCUT2D eigenvalue weighted by atomic mass is 16.5. The summed E-state index contributed by atoms with van der Waals surface area (Å²) in [6, 6.07) is 0.528. The van der Waals surface area contributed by atoms with Crippen LogP contribution in [-0.4, -0.2) is 62.7 Å². The molecule has 4 heteroatoms. The predicted molar refractivity (Wildman–Crippen MR) is 159 cm³/mol. The molecule has 0 aromatic heterocycles. The predicted octanol–water partition coefficient (Wildman–Crippen LogP) is 7.35. The van der Waals surface area contributed by atoms with E-state index in [4.69, 9.17) is 14.2 Å². The van der Waals surface area contributed by atoms with Gasteiger partial charge in [0.25, 0.3) is 0 Å². The van der Waals surface area contributed by atoms with Crippen LogP contribution < -0.4 is 0 Å². The Kier molecular flexibility index (Phi) is 7.98. The lowest BCUT2D eigenvalue weighted by Gasteiger charge is -2.49. The molecule has 6 aliphatic rings. The molecule has 2 aliphatic heterocycles. The summed E-state index contributed by atoms with van der Waals surface area (Å²) in [7, 11) is 1.74. The van der Waals surface area contributed by atoms with Gasteiger partial charge in [-0.05, 0) is 101 Å². The van der Waals surface area contributed by atoms with Gasteiger partial charge in [-0.2, -0.15) is 0 Å². The zero-order valence-corrected chi connectivity index (χ0v) is 25.8. The fourth-order valence-corrected chi connectivity index (χ4v) is 10.5. The van der Waals surface area contributed by atoms with Gasteiger partial charge in [0.1, 0.15) is 0 Å². The van der Waals surface area contributed by atoms with Crippen LogP contribution in [0.2, 0.25) is 0 Å². The molecule has 4 nitrogen and oxygen atoms in total. The van der Waals surface area contributed by atoms with Crippen molar-refractivity contribution in [2.45, 2.75) is 110 Å². The lowest BCUT2D eigenvalue weighted by atomic mass is 9.56. The summed E-state index contributed by atoms with van der Waals surface area (Å²) in [5.41, 5.74) is 7.32. The first-order valence-corrected chi connectivity index (χ1v) is 16.3. The molecule has 2 saturated heterocycles. The van der Waals surface area contributed by atoms with Gasteiger partial charge in [-0.3, -0.25) is 4.90 Å². The average Bonchev–Trinajstić information content (AvgIpc) is 3.38. The van der Waals surface area contributed by atoms with Crippen LogP contribution in [-0.2, 0) is 14.2 Å². The second-order valence-electron chi connectivity index (χ2n) is 14.5. The molecule has 6 rings (SSSR count). The molecule has 218 valence electrons. The van der Waals surface area contributed by atoms with Gasteiger partial charge in [-0.15, -0.1) is 0 Å². The maximum Gasteiger partial charge on any atom is 0.0765 e. The molecule has 2 saturated carbocycles. The zero-order chi connectivity index (χ0) is 27.4. The van der Waals surface area contributed by atoms with Crippen molar-refractivity contribution in [2.24, 2.45) is 35.0 Å². The first-order valence-electron chi connectivity index (χ1n) is 16.3. The van der Waals surface area contributed by atoms with E-state index in [2.05, 4.69) is 51.7 Å². The minimum atomic E-state index is 0.0146. The highest BCUT2D eigenvalue weighted by molar-refractivity contribution is 5.38. The molecule has 0 aromatic rings. The van der Waals surface area contributed by atoms with Crippen LogP contribution >= 0.6 is 0 Å². The second kappa shape index (κ2) is 11.0. The number of hydrogen-bond donors (Lipinski definition) is 0. The number of ether oxygens (including phenoxy) is 3. The molecule has 0 aromatic carbocycles. The number of fused-ring (bicyclic) bond motifs is 6. The number of rotatable bonds is 6. The summed E-state index contributed by atoms with van der Waals surface area (Å²) < 4.78 is 18.4. The zero-order valence-electron chi connectivity index (χ0n) is 25.8. The van der Waals surface area contributed by atoms with Gasteiger partial charge in [0.15, 0.2) is 0 Å². The summed E-state index contributed by atoms with van der Waals surface area (Å²) in [5, 5.41) is 0. The van der Waals surface area contributed by atoms with Gasteiger partial charge in [0.05, 0.1) is 31.5 Å². The van der Waals surface area contributed by atoms with Gasteiger partial charge in [-0.25, -0.2) is 0 Å². The largest absolute Gasteiger partial charge is 0.382 e. The summed E-state index contributed by atoms with van der Waals surface area (Å²) in [6.07, 6.45) is 16.9. The van der Waals surface area contributed by atoms with E-state index in [0.717, 1.165) is 37.3 Å². The molecule has 4 aliphatic carbocycles. The molecular weight excluding hydrogens is 482 g/mol. The van der Waals surface area contributed by atoms with Crippen LogP contribution in [0, 0.1) is 35.0 Å². The molecule has 39 heavy (non-hydrogen) atoms. The SMILES string of the molecule is CC=C1C=C2CCC3[C@@H]4CC[C@@]5(CC(C)=C4C[C@@H]3[C@@]2(C)CC1)O[C@@H]1C[C@H](C)CN(CCOCCOC)[C@H]1[C@H]5C. The number of allylic oxidation sites excluding steroid dienone is 5. The Bertz CT molecular complexity index is 1010. The highest BCUT2D eigenvalue weighted by Crippen LogP contribution is 2.64. The van der Waals surface area contributed by atoms with Crippen molar-refractivity contribution in [3.05, 3.63) is 34.4 Å². The van der Waals surface area contributed by atoms with Crippen LogP contribution in [0.25, 0.3) is 0 Å². The van der Waals surface area contributed by atoms with E-state index in [1.54, 1.807) is 23.8 Å². The molecule has 0 N–H and O–H groups in total. The molecule has 1 unspecified atom stereocenters. The molecule has 4 fully saturated rings. The third-order valence-electron chi connectivity index (χ3n) is 12.5. The summed E-state index contributed by atoms with van der Waals surface area (Å²) >= 11 is 0. The summed E-state index contributed by atoms with van der Waals surface area (Å²) in [5.74, 6) is 3.76. The van der Waals surface area contributed by atoms with Crippen molar-refractivity contribution in [1.29, 1.82) is 0 Å². The molecule has 2 heterocycles. The van der Waals surface area contributed by atoms with Crippen LogP contribution in [0.15, 0.2) is 34.4 Å². The van der Waals surface area contributed by atoms with E-state index in [1.165, 1.54) is 57.9 Å². The Balaban J connectivity index is 1.20. The van der Waals surface area contributed by atoms with E-state index in [1.807, 2.05) is 5.57 Å². The van der Waals surface area contributed by atoms with E-state index in [-0.39, 0.29) is 5.60 Å². The van der Waals surface area contributed by atoms with Crippen LogP contribution in [0.1, 0.15) is 92.4 Å². The van der Waals surface area contributed by atoms with Gasteiger partial charge >= 0.3 is 0 Å². The fourth-order valence-electron chi connectivity index (χ4n) is 10.5. The number of piperidine rings is 1. The molecule has 0 bridgehead atoms. The highest BCUT2D eigenvalue weighted by Gasteiger charge is 2.59. The molecular formula is C35H55NO3. The smallest absolute Gasteiger partial charge is 0.0765 e. The van der Waals surface area contributed by atoms with Crippen molar-refractivity contribution in [3.63, 3.8) is 0 Å². The van der Waals surface area contributed by atoms with E-state index in [0.29, 0.717) is 42.6 Å². The Labute approximate surface area is 238 Å².